The number of urea groups is 1. The minimum absolute atomic E-state index is 0.0591. The fourth-order valence-corrected chi connectivity index (χ4v) is 3.82. The molecular weight excluding hydrogens is 389 g/mol. The lowest BCUT2D eigenvalue weighted by Gasteiger charge is -2.34. The minimum atomic E-state index is -4.58. The number of hydrogen-bond acceptors (Lipinski definition) is 4. The van der Waals surface area contributed by atoms with Crippen molar-refractivity contribution in [2.24, 2.45) is 0 Å². The zero-order valence-corrected chi connectivity index (χ0v) is 15.8. The summed E-state index contributed by atoms with van der Waals surface area (Å²) in [7, 11) is 0. The first-order chi connectivity index (χ1) is 13.4. The summed E-state index contributed by atoms with van der Waals surface area (Å²) >= 11 is 1.69. The molecule has 0 spiro atoms. The van der Waals surface area contributed by atoms with Crippen LogP contribution in [0.2, 0.25) is 0 Å². The van der Waals surface area contributed by atoms with Gasteiger partial charge in [-0.05, 0) is 29.1 Å². The summed E-state index contributed by atoms with van der Waals surface area (Å²) in [6, 6.07) is 8.76. The number of nitrogens with one attached hydrogen (secondary N) is 1. The molecule has 2 heterocycles. The van der Waals surface area contributed by atoms with E-state index in [-0.39, 0.29) is 23.7 Å². The Morgan fingerprint density at radius 3 is 2.57 bits per heavy atom. The Kier molecular flexibility index (Phi) is 6.21. The predicted molar refractivity (Wildman–Crippen MR) is 99.6 cm³/mol. The molecule has 148 valence electrons. The first-order valence-electron chi connectivity index (χ1n) is 8.74. The lowest BCUT2D eigenvalue weighted by molar-refractivity contribution is -0.138. The molecule has 0 saturated carbocycles. The van der Waals surface area contributed by atoms with Crippen LogP contribution in [0.25, 0.3) is 0 Å². The largest absolute Gasteiger partial charge is 0.416 e. The van der Waals surface area contributed by atoms with Crippen molar-refractivity contribution in [2.75, 3.05) is 26.2 Å². The van der Waals surface area contributed by atoms with Gasteiger partial charge in [-0.3, -0.25) is 4.90 Å². The van der Waals surface area contributed by atoms with E-state index in [2.05, 4.69) is 16.3 Å². The van der Waals surface area contributed by atoms with Crippen LogP contribution in [0.1, 0.15) is 21.6 Å². The van der Waals surface area contributed by atoms with Gasteiger partial charge in [0.1, 0.15) is 0 Å². The number of nitriles is 1. The van der Waals surface area contributed by atoms with Crippen molar-refractivity contribution in [2.45, 2.75) is 19.3 Å². The molecule has 2 aromatic rings. The van der Waals surface area contributed by atoms with Gasteiger partial charge in [0, 0.05) is 44.1 Å². The Hall–Kier alpha value is -2.57. The second-order valence-electron chi connectivity index (χ2n) is 6.48. The maximum atomic E-state index is 13.2. The van der Waals surface area contributed by atoms with Crippen molar-refractivity contribution in [3.63, 3.8) is 0 Å². The SMILES string of the molecule is N#Cc1ccc(CNC(=O)N2CCN(Cc3cccs3)CC2)c(C(F)(F)F)c1. The van der Waals surface area contributed by atoms with Gasteiger partial charge < -0.3 is 10.2 Å². The molecular formula is C19H19F3N4OS. The Morgan fingerprint density at radius 1 is 1.21 bits per heavy atom. The summed E-state index contributed by atoms with van der Waals surface area (Å²) in [6.07, 6.45) is -4.58. The van der Waals surface area contributed by atoms with E-state index in [1.165, 1.54) is 17.0 Å². The number of carbonyl (C=O) groups excluding carboxylic acids is 1. The molecule has 1 saturated heterocycles. The molecule has 28 heavy (non-hydrogen) atoms. The van der Waals surface area contributed by atoms with Gasteiger partial charge in [0.2, 0.25) is 0 Å². The number of benzene rings is 1. The lowest BCUT2D eigenvalue weighted by Crippen LogP contribution is -2.51. The second kappa shape index (κ2) is 8.63. The van der Waals surface area contributed by atoms with Gasteiger partial charge in [-0.25, -0.2) is 4.79 Å². The minimum Gasteiger partial charge on any atom is -0.334 e. The molecule has 0 bridgehead atoms. The summed E-state index contributed by atoms with van der Waals surface area (Å²) in [5.74, 6) is 0. The molecule has 1 N–H and O–H groups in total. The van der Waals surface area contributed by atoms with Crippen LogP contribution in [-0.4, -0.2) is 42.0 Å². The van der Waals surface area contributed by atoms with Gasteiger partial charge in [-0.2, -0.15) is 18.4 Å². The van der Waals surface area contributed by atoms with Gasteiger partial charge in [0.05, 0.1) is 17.2 Å². The Bertz CT molecular complexity index is 853. The number of rotatable bonds is 4. The number of piperazine rings is 1. The molecule has 1 aliphatic heterocycles. The van der Waals surface area contributed by atoms with E-state index in [1.807, 2.05) is 11.4 Å². The number of thiophene rings is 1. The van der Waals surface area contributed by atoms with E-state index in [0.29, 0.717) is 13.1 Å². The van der Waals surface area contributed by atoms with Crippen LogP contribution in [0.4, 0.5) is 18.0 Å². The molecule has 0 radical (unpaired) electrons. The zero-order chi connectivity index (χ0) is 20.1. The molecule has 5 nitrogen and oxygen atoms in total. The van der Waals surface area contributed by atoms with Crippen LogP contribution < -0.4 is 5.32 Å². The summed E-state index contributed by atoms with van der Waals surface area (Å²) in [6.45, 7) is 3.08. The van der Waals surface area contributed by atoms with Crippen LogP contribution in [0.15, 0.2) is 35.7 Å². The molecule has 1 aliphatic rings. The quantitative estimate of drug-likeness (QED) is 0.840. The van der Waals surface area contributed by atoms with Gasteiger partial charge in [-0.1, -0.05) is 12.1 Å². The van der Waals surface area contributed by atoms with Crippen LogP contribution in [0.5, 0.6) is 0 Å². The molecule has 9 heteroatoms. The van der Waals surface area contributed by atoms with Crippen LogP contribution in [0.3, 0.4) is 0 Å². The van der Waals surface area contributed by atoms with Crippen molar-refractivity contribution >= 4 is 17.4 Å². The van der Waals surface area contributed by atoms with Crippen molar-refractivity contribution in [3.05, 3.63) is 57.3 Å². The standard InChI is InChI=1S/C19H19F3N4OS/c20-19(21,22)17-10-14(11-23)3-4-15(17)12-24-18(27)26-7-5-25(6-8-26)13-16-2-1-9-28-16/h1-4,9-10H,5-8,12-13H2,(H,24,27). The van der Waals surface area contributed by atoms with Crippen LogP contribution in [0, 0.1) is 11.3 Å². The molecule has 3 rings (SSSR count). The number of nitrogens with zero attached hydrogens (tertiary/aromatic N) is 3. The molecule has 0 atom stereocenters. The van der Waals surface area contributed by atoms with Crippen molar-refractivity contribution in [3.8, 4) is 6.07 Å². The van der Waals surface area contributed by atoms with Gasteiger partial charge in [0.15, 0.2) is 0 Å². The summed E-state index contributed by atoms with van der Waals surface area (Å²) in [4.78, 5) is 17.5. The topological polar surface area (TPSA) is 59.4 Å². The third kappa shape index (κ3) is 5.03. The third-order valence-electron chi connectivity index (χ3n) is 4.59. The highest BCUT2D eigenvalue weighted by Crippen LogP contribution is 2.32. The first kappa shape index (κ1) is 20.2. The number of carbonyl (C=O) groups is 1. The average molecular weight is 408 g/mol. The number of alkyl halides is 3. The van der Waals surface area contributed by atoms with E-state index in [4.69, 9.17) is 5.26 Å². The highest BCUT2D eigenvalue weighted by atomic mass is 32.1. The molecule has 2 amide bonds. The highest BCUT2D eigenvalue weighted by Gasteiger charge is 2.33. The van der Waals surface area contributed by atoms with Gasteiger partial charge in [0.25, 0.3) is 0 Å². The van der Waals surface area contributed by atoms with E-state index in [0.717, 1.165) is 25.7 Å². The van der Waals surface area contributed by atoms with Crippen molar-refractivity contribution in [1.29, 1.82) is 5.26 Å². The molecule has 0 aliphatic carbocycles. The van der Waals surface area contributed by atoms with E-state index in [9.17, 15) is 18.0 Å². The molecule has 1 aromatic heterocycles. The molecule has 1 aromatic carbocycles. The lowest BCUT2D eigenvalue weighted by atomic mass is 10.0. The molecule has 0 unspecified atom stereocenters. The van der Waals surface area contributed by atoms with Crippen LogP contribution >= 0.6 is 11.3 Å². The first-order valence-corrected chi connectivity index (χ1v) is 9.62. The zero-order valence-electron chi connectivity index (χ0n) is 15.0. The number of hydrogen-bond donors (Lipinski definition) is 1. The Morgan fingerprint density at radius 2 is 1.96 bits per heavy atom. The normalized spacial score (nSPS) is 15.3. The number of amides is 2. The Balaban J connectivity index is 1.54. The predicted octanol–water partition coefficient (Wildman–Crippen LogP) is 3.67. The van der Waals surface area contributed by atoms with Crippen molar-refractivity contribution < 1.29 is 18.0 Å². The highest BCUT2D eigenvalue weighted by molar-refractivity contribution is 7.09. The van der Waals surface area contributed by atoms with Crippen molar-refractivity contribution in [1.82, 2.24) is 15.1 Å². The Labute approximate surface area is 165 Å². The summed E-state index contributed by atoms with van der Waals surface area (Å²) in [5.41, 5.74) is -1.02. The van der Waals surface area contributed by atoms with Crippen LogP contribution in [-0.2, 0) is 19.3 Å². The molecule has 1 fully saturated rings. The maximum Gasteiger partial charge on any atom is 0.416 e. The average Bonchev–Trinajstić information content (AvgIpc) is 3.19. The monoisotopic (exact) mass is 408 g/mol. The maximum absolute atomic E-state index is 13.2. The third-order valence-corrected chi connectivity index (χ3v) is 5.45. The smallest absolute Gasteiger partial charge is 0.334 e. The summed E-state index contributed by atoms with van der Waals surface area (Å²) < 4.78 is 39.6. The van der Waals surface area contributed by atoms with E-state index < -0.39 is 11.7 Å². The summed E-state index contributed by atoms with van der Waals surface area (Å²) in [5, 5.41) is 13.4. The van der Waals surface area contributed by atoms with E-state index >= 15 is 0 Å². The fraction of sp³-hybridized carbons (Fsp3) is 0.368. The van der Waals surface area contributed by atoms with Gasteiger partial charge in [-0.15, -0.1) is 11.3 Å². The van der Waals surface area contributed by atoms with Gasteiger partial charge >= 0.3 is 12.2 Å². The van der Waals surface area contributed by atoms with E-state index in [1.54, 1.807) is 22.3 Å². The fourth-order valence-electron chi connectivity index (χ4n) is 3.08. The second-order valence-corrected chi connectivity index (χ2v) is 7.51. The number of halogens is 3.